The average Bonchev–Trinajstić information content (AvgIpc) is 3.75. The number of fused-ring (bicyclic) bond motifs is 9. The van der Waals surface area contributed by atoms with Crippen LogP contribution in [0.15, 0.2) is 140 Å². The molecule has 9 rings (SSSR count). The predicted molar refractivity (Wildman–Crippen MR) is 176 cm³/mol. The molecule has 2 saturated carbocycles. The minimum absolute atomic E-state index is 0.154. The van der Waals surface area contributed by atoms with Crippen LogP contribution in [-0.4, -0.2) is 0 Å². The molecule has 2 bridgehead atoms. The molecule has 3 aliphatic carbocycles. The summed E-state index contributed by atoms with van der Waals surface area (Å²) in [6.45, 7) is 0. The van der Waals surface area contributed by atoms with Crippen molar-refractivity contribution in [1.82, 2.24) is 0 Å². The Kier molecular flexibility index (Phi) is 5.26. The zero-order valence-electron chi connectivity index (χ0n) is 23.7. The van der Waals surface area contributed by atoms with Gasteiger partial charge in [0.25, 0.3) is 0 Å². The van der Waals surface area contributed by atoms with E-state index in [9.17, 15) is 0 Å². The van der Waals surface area contributed by atoms with Gasteiger partial charge in [0.2, 0.25) is 0 Å². The highest BCUT2D eigenvalue weighted by atomic mass is 15.1. The highest BCUT2D eigenvalue weighted by molar-refractivity contribution is 6.03. The molecule has 3 unspecified atom stereocenters. The Hall–Kier alpha value is -4.62. The SMILES string of the molecule is c1ccc(-c2cccc(N(c3cccc4c3-c3ccccc3C43CC4CCC3C4)c3cccc4ccccc34)c2)cc1. The first-order chi connectivity index (χ1) is 20.8. The Morgan fingerprint density at radius 2 is 1.29 bits per heavy atom. The van der Waals surface area contributed by atoms with Gasteiger partial charge in [-0.05, 0) is 88.6 Å². The smallest absolute Gasteiger partial charge is 0.0543 e. The molecule has 0 saturated heterocycles. The number of benzene rings is 6. The number of hydrogen-bond acceptors (Lipinski definition) is 1. The Labute approximate surface area is 248 Å². The second-order valence-electron chi connectivity index (χ2n) is 12.5. The summed E-state index contributed by atoms with van der Waals surface area (Å²) in [5.74, 6) is 1.60. The Balaban J connectivity index is 1.33. The summed E-state index contributed by atoms with van der Waals surface area (Å²) in [5, 5.41) is 2.53. The first-order valence-corrected chi connectivity index (χ1v) is 15.5. The standard InChI is InChI=1S/C41H33N/c1-2-11-29(12-3-1)31-15-8-16-33(26-31)42(38-21-9-14-30-13-4-5-17-34(30)38)39-22-10-20-37-40(39)35-18-6-7-19-36(35)41(37)27-28-23-24-32(41)25-28/h1-22,26,28,32H,23-25,27H2. The van der Waals surface area contributed by atoms with Gasteiger partial charge in [0.1, 0.15) is 0 Å². The van der Waals surface area contributed by atoms with E-state index in [0.717, 1.165) is 11.8 Å². The molecule has 6 aromatic rings. The van der Waals surface area contributed by atoms with Crippen molar-refractivity contribution < 1.29 is 0 Å². The molecule has 1 heteroatoms. The van der Waals surface area contributed by atoms with Crippen LogP contribution in [0.3, 0.4) is 0 Å². The number of hydrogen-bond donors (Lipinski definition) is 0. The van der Waals surface area contributed by atoms with E-state index in [1.165, 1.54) is 75.8 Å². The van der Waals surface area contributed by atoms with E-state index < -0.39 is 0 Å². The maximum absolute atomic E-state index is 2.54. The summed E-state index contributed by atoms with van der Waals surface area (Å²) in [4.78, 5) is 2.54. The lowest BCUT2D eigenvalue weighted by atomic mass is 9.67. The van der Waals surface area contributed by atoms with Crippen molar-refractivity contribution in [2.75, 3.05) is 4.90 Å². The molecule has 202 valence electrons. The normalized spacial score (nSPS) is 21.5. The molecule has 0 aliphatic heterocycles. The van der Waals surface area contributed by atoms with E-state index >= 15 is 0 Å². The second kappa shape index (κ2) is 9.19. The van der Waals surface area contributed by atoms with Gasteiger partial charge in [0.05, 0.1) is 11.4 Å². The molecule has 0 heterocycles. The van der Waals surface area contributed by atoms with Crippen molar-refractivity contribution in [2.24, 2.45) is 11.8 Å². The molecule has 0 amide bonds. The summed E-state index contributed by atoms with van der Waals surface area (Å²) >= 11 is 0. The molecule has 42 heavy (non-hydrogen) atoms. The molecular weight excluding hydrogens is 506 g/mol. The maximum Gasteiger partial charge on any atom is 0.0543 e. The van der Waals surface area contributed by atoms with Gasteiger partial charge in [-0.1, -0.05) is 122 Å². The third kappa shape index (κ3) is 3.37. The van der Waals surface area contributed by atoms with Gasteiger partial charge < -0.3 is 4.90 Å². The van der Waals surface area contributed by atoms with Gasteiger partial charge in [0.15, 0.2) is 0 Å². The predicted octanol–water partition coefficient (Wildman–Crippen LogP) is 11.1. The highest BCUT2D eigenvalue weighted by Crippen LogP contribution is 2.67. The van der Waals surface area contributed by atoms with E-state index in [1.807, 2.05) is 0 Å². The highest BCUT2D eigenvalue weighted by Gasteiger charge is 2.57. The minimum Gasteiger partial charge on any atom is -0.309 e. The van der Waals surface area contributed by atoms with Crippen LogP contribution >= 0.6 is 0 Å². The fraction of sp³-hybridized carbons (Fsp3) is 0.171. The van der Waals surface area contributed by atoms with Crippen LogP contribution in [0.5, 0.6) is 0 Å². The van der Waals surface area contributed by atoms with Crippen molar-refractivity contribution in [2.45, 2.75) is 31.1 Å². The molecule has 1 nitrogen and oxygen atoms in total. The quantitative estimate of drug-likeness (QED) is 0.215. The fourth-order valence-electron chi connectivity index (χ4n) is 8.87. The van der Waals surface area contributed by atoms with Crippen LogP contribution in [0, 0.1) is 11.8 Å². The molecule has 2 fully saturated rings. The maximum atomic E-state index is 2.54. The lowest BCUT2D eigenvalue weighted by Gasteiger charge is -2.37. The van der Waals surface area contributed by atoms with E-state index in [1.54, 1.807) is 11.1 Å². The summed E-state index contributed by atoms with van der Waals surface area (Å²) in [6.07, 6.45) is 5.43. The molecule has 3 aliphatic rings. The molecule has 0 N–H and O–H groups in total. The van der Waals surface area contributed by atoms with E-state index in [2.05, 4.69) is 144 Å². The summed E-state index contributed by atoms with van der Waals surface area (Å²) < 4.78 is 0. The molecule has 0 radical (unpaired) electrons. The van der Waals surface area contributed by atoms with Gasteiger partial charge in [-0.15, -0.1) is 0 Å². The van der Waals surface area contributed by atoms with Crippen LogP contribution < -0.4 is 4.90 Å². The zero-order valence-corrected chi connectivity index (χ0v) is 23.7. The number of anilines is 3. The number of rotatable bonds is 4. The first-order valence-electron chi connectivity index (χ1n) is 15.5. The summed E-state index contributed by atoms with van der Waals surface area (Å²) in [6, 6.07) is 51.9. The summed E-state index contributed by atoms with van der Waals surface area (Å²) in [7, 11) is 0. The van der Waals surface area contributed by atoms with Crippen LogP contribution in [0.4, 0.5) is 17.1 Å². The van der Waals surface area contributed by atoms with Crippen LogP contribution in [0.2, 0.25) is 0 Å². The van der Waals surface area contributed by atoms with Gasteiger partial charge in [0, 0.05) is 22.1 Å². The molecule has 0 aromatic heterocycles. The van der Waals surface area contributed by atoms with Crippen molar-refractivity contribution in [3.8, 4) is 22.3 Å². The molecule has 6 aromatic carbocycles. The minimum atomic E-state index is 0.154. The van der Waals surface area contributed by atoms with Crippen LogP contribution in [0.1, 0.15) is 36.8 Å². The molecular formula is C41H33N. The molecule has 1 spiro atoms. The van der Waals surface area contributed by atoms with E-state index in [-0.39, 0.29) is 5.41 Å². The first kappa shape index (κ1) is 24.0. The van der Waals surface area contributed by atoms with Gasteiger partial charge in [-0.25, -0.2) is 0 Å². The zero-order chi connectivity index (χ0) is 27.7. The molecule has 3 atom stereocenters. The van der Waals surface area contributed by atoms with Gasteiger partial charge >= 0.3 is 0 Å². The largest absolute Gasteiger partial charge is 0.309 e. The Morgan fingerprint density at radius 3 is 2.17 bits per heavy atom. The lowest BCUT2D eigenvalue weighted by molar-refractivity contribution is 0.327. The number of nitrogens with zero attached hydrogens (tertiary/aromatic N) is 1. The van der Waals surface area contributed by atoms with Crippen molar-refractivity contribution in [3.05, 3.63) is 151 Å². The van der Waals surface area contributed by atoms with E-state index in [0.29, 0.717) is 0 Å². The van der Waals surface area contributed by atoms with Crippen LogP contribution in [0.25, 0.3) is 33.0 Å². The van der Waals surface area contributed by atoms with E-state index in [4.69, 9.17) is 0 Å². The van der Waals surface area contributed by atoms with Crippen molar-refractivity contribution in [1.29, 1.82) is 0 Å². The average molecular weight is 540 g/mol. The Morgan fingerprint density at radius 1 is 0.571 bits per heavy atom. The topological polar surface area (TPSA) is 3.24 Å². The second-order valence-corrected chi connectivity index (χ2v) is 12.5. The van der Waals surface area contributed by atoms with Crippen molar-refractivity contribution in [3.63, 3.8) is 0 Å². The summed E-state index contributed by atoms with van der Waals surface area (Å²) in [5.41, 5.74) is 12.3. The van der Waals surface area contributed by atoms with Crippen LogP contribution in [-0.2, 0) is 5.41 Å². The third-order valence-corrected chi connectivity index (χ3v) is 10.5. The fourth-order valence-corrected chi connectivity index (χ4v) is 8.87. The van der Waals surface area contributed by atoms with Gasteiger partial charge in [-0.3, -0.25) is 0 Å². The monoisotopic (exact) mass is 539 g/mol. The van der Waals surface area contributed by atoms with Gasteiger partial charge in [-0.2, -0.15) is 0 Å². The third-order valence-electron chi connectivity index (χ3n) is 10.5. The van der Waals surface area contributed by atoms with Crippen molar-refractivity contribution >= 4 is 27.8 Å². The lowest BCUT2D eigenvalue weighted by Crippen LogP contribution is -2.31. The Bertz CT molecular complexity index is 1970.